The summed E-state index contributed by atoms with van der Waals surface area (Å²) in [7, 11) is -2.59. The highest BCUT2D eigenvalue weighted by molar-refractivity contribution is 7.89. The van der Waals surface area contributed by atoms with Crippen molar-refractivity contribution >= 4 is 26.7 Å². The molecule has 1 atom stereocenters. The van der Waals surface area contributed by atoms with Crippen molar-refractivity contribution in [1.82, 2.24) is 18.8 Å². The number of amides is 1. The van der Waals surface area contributed by atoms with Gasteiger partial charge in [-0.2, -0.15) is 9.57 Å². The maximum absolute atomic E-state index is 14.5. The number of nitriles is 1. The molecule has 1 aromatic heterocycles. The standard InChI is InChI=1S/C34H31N5O4S/c1-43-30-12-10-28-11-13-31(20-29(28)19-30)44(41,42)39(24-33-36-15-17-37(33)22-25-6-3-2-4-7-25)32-14-16-38(34(32)40)23-27-9-5-8-26(18-27)21-35/h2-13,15,17-20,32H,14,16,22-24H2,1H3/t32-/m0/s1. The van der Waals surface area contributed by atoms with Gasteiger partial charge >= 0.3 is 0 Å². The van der Waals surface area contributed by atoms with Crippen molar-refractivity contribution in [3.8, 4) is 11.8 Å². The van der Waals surface area contributed by atoms with E-state index in [4.69, 9.17) is 4.74 Å². The SMILES string of the molecule is COc1ccc2ccc(S(=O)(=O)N(Cc3nccn3Cc3ccccc3)[C@H]3CCN(Cc4cccc(C#N)c4)C3=O)cc2c1. The molecule has 6 rings (SSSR count). The second kappa shape index (κ2) is 12.3. The number of hydrogen-bond donors (Lipinski definition) is 0. The molecule has 0 radical (unpaired) electrons. The predicted octanol–water partition coefficient (Wildman–Crippen LogP) is 4.96. The largest absolute Gasteiger partial charge is 0.497 e. The van der Waals surface area contributed by atoms with Gasteiger partial charge in [-0.05, 0) is 64.7 Å². The smallest absolute Gasteiger partial charge is 0.244 e. The first-order chi connectivity index (χ1) is 21.4. The molecule has 0 spiro atoms. The van der Waals surface area contributed by atoms with E-state index in [1.54, 1.807) is 60.7 Å². The molecule has 1 aliphatic heterocycles. The first kappa shape index (κ1) is 29.1. The van der Waals surface area contributed by atoms with Crippen LogP contribution < -0.4 is 4.74 Å². The fourth-order valence-electron chi connectivity index (χ4n) is 5.65. The number of nitrogens with zero attached hydrogens (tertiary/aromatic N) is 5. The van der Waals surface area contributed by atoms with Gasteiger partial charge in [0.25, 0.3) is 0 Å². The van der Waals surface area contributed by atoms with Gasteiger partial charge in [-0.1, -0.05) is 54.6 Å². The minimum absolute atomic E-state index is 0.0769. The zero-order chi connectivity index (χ0) is 30.7. The molecule has 5 aromatic rings. The number of fused-ring (bicyclic) bond motifs is 1. The van der Waals surface area contributed by atoms with E-state index in [0.29, 0.717) is 42.0 Å². The van der Waals surface area contributed by atoms with Crippen molar-refractivity contribution in [2.24, 2.45) is 0 Å². The van der Waals surface area contributed by atoms with Crippen molar-refractivity contribution in [2.75, 3.05) is 13.7 Å². The molecule has 0 unspecified atom stereocenters. The highest BCUT2D eigenvalue weighted by atomic mass is 32.2. The molecular weight excluding hydrogens is 574 g/mol. The first-order valence-corrected chi connectivity index (χ1v) is 15.7. The number of likely N-dealkylation sites (tertiary alicyclic amines) is 1. The molecule has 1 fully saturated rings. The lowest BCUT2D eigenvalue weighted by atomic mass is 10.1. The summed E-state index contributed by atoms with van der Waals surface area (Å²) >= 11 is 0. The average Bonchev–Trinajstić information content (AvgIpc) is 3.64. The molecule has 0 aliphatic carbocycles. The normalized spacial score (nSPS) is 15.2. The van der Waals surface area contributed by atoms with E-state index in [2.05, 4.69) is 11.1 Å². The lowest BCUT2D eigenvalue weighted by Gasteiger charge is -2.27. The van der Waals surface area contributed by atoms with Crippen molar-refractivity contribution in [1.29, 1.82) is 5.26 Å². The summed E-state index contributed by atoms with van der Waals surface area (Å²) in [5, 5.41) is 10.9. The Morgan fingerprint density at radius 2 is 1.75 bits per heavy atom. The third kappa shape index (κ3) is 5.93. The topological polar surface area (TPSA) is 109 Å². The number of rotatable bonds is 10. The van der Waals surface area contributed by atoms with E-state index in [1.807, 2.05) is 59.3 Å². The Balaban J connectivity index is 1.35. The summed E-state index contributed by atoms with van der Waals surface area (Å²) in [6.07, 6.45) is 3.80. The van der Waals surface area contributed by atoms with Gasteiger partial charge in [0.1, 0.15) is 17.6 Å². The van der Waals surface area contributed by atoms with E-state index < -0.39 is 16.1 Å². The second-order valence-electron chi connectivity index (χ2n) is 10.8. The zero-order valence-electron chi connectivity index (χ0n) is 24.2. The summed E-state index contributed by atoms with van der Waals surface area (Å²) in [6.45, 7) is 1.11. The fourth-order valence-corrected chi connectivity index (χ4v) is 7.25. The van der Waals surface area contributed by atoms with Crippen LogP contribution in [0.5, 0.6) is 5.75 Å². The van der Waals surface area contributed by atoms with Gasteiger partial charge in [0, 0.05) is 32.0 Å². The fraction of sp³-hybridized carbons (Fsp3) is 0.206. The Bertz CT molecular complexity index is 1970. The zero-order valence-corrected chi connectivity index (χ0v) is 25.0. The van der Waals surface area contributed by atoms with Crippen LogP contribution in [0.1, 0.15) is 28.9 Å². The molecule has 1 amide bonds. The predicted molar refractivity (Wildman–Crippen MR) is 166 cm³/mol. The molecule has 9 nitrogen and oxygen atoms in total. The molecule has 44 heavy (non-hydrogen) atoms. The Morgan fingerprint density at radius 3 is 2.55 bits per heavy atom. The van der Waals surface area contributed by atoms with Crippen LogP contribution in [0, 0.1) is 11.3 Å². The van der Waals surface area contributed by atoms with Gasteiger partial charge in [0.2, 0.25) is 15.9 Å². The number of aromatic nitrogens is 2. The van der Waals surface area contributed by atoms with Crippen LogP contribution in [0.4, 0.5) is 0 Å². The molecule has 0 bridgehead atoms. The molecule has 0 saturated carbocycles. The Kier molecular flexibility index (Phi) is 8.15. The first-order valence-electron chi connectivity index (χ1n) is 14.3. The maximum atomic E-state index is 14.5. The quantitative estimate of drug-likeness (QED) is 0.223. The summed E-state index contributed by atoms with van der Waals surface area (Å²) in [5.74, 6) is 0.876. The number of imidazole rings is 1. The maximum Gasteiger partial charge on any atom is 0.244 e. The van der Waals surface area contributed by atoms with Crippen LogP contribution in [0.25, 0.3) is 10.8 Å². The van der Waals surface area contributed by atoms with E-state index in [0.717, 1.165) is 16.5 Å². The van der Waals surface area contributed by atoms with Crippen LogP contribution in [0.15, 0.2) is 108 Å². The molecule has 10 heteroatoms. The molecular formula is C34H31N5O4S. The summed E-state index contributed by atoms with van der Waals surface area (Å²) in [4.78, 5) is 20.2. The number of benzene rings is 4. The highest BCUT2D eigenvalue weighted by Crippen LogP contribution is 2.30. The van der Waals surface area contributed by atoms with Crippen LogP contribution in [0.2, 0.25) is 0 Å². The Hall–Kier alpha value is -4.98. The molecule has 2 heterocycles. The lowest BCUT2D eigenvalue weighted by molar-refractivity contribution is -0.131. The van der Waals surface area contributed by atoms with Crippen molar-refractivity contribution < 1.29 is 17.9 Å². The van der Waals surface area contributed by atoms with E-state index in [1.165, 1.54) is 4.31 Å². The van der Waals surface area contributed by atoms with Gasteiger partial charge in [0.05, 0.1) is 30.2 Å². The van der Waals surface area contributed by atoms with Crippen molar-refractivity contribution in [3.63, 3.8) is 0 Å². The van der Waals surface area contributed by atoms with E-state index in [-0.39, 0.29) is 23.9 Å². The summed E-state index contributed by atoms with van der Waals surface area (Å²) < 4.78 is 37.5. The Morgan fingerprint density at radius 1 is 0.955 bits per heavy atom. The van der Waals surface area contributed by atoms with Gasteiger partial charge < -0.3 is 14.2 Å². The number of carbonyl (C=O) groups is 1. The van der Waals surface area contributed by atoms with Crippen molar-refractivity contribution in [2.45, 2.75) is 37.0 Å². The number of sulfonamides is 1. The Labute approximate surface area is 256 Å². The number of hydrogen-bond acceptors (Lipinski definition) is 6. The second-order valence-corrected chi connectivity index (χ2v) is 12.6. The monoisotopic (exact) mass is 605 g/mol. The van der Waals surface area contributed by atoms with Gasteiger partial charge in [-0.25, -0.2) is 13.4 Å². The van der Waals surface area contributed by atoms with Crippen molar-refractivity contribution in [3.05, 3.63) is 126 Å². The minimum Gasteiger partial charge on any atom is -0.497 e. The van der Waals surface area contributed by atoms with Crippen LogP contribution >= 0.6 is 0 Å². The number of carbonyl (C=O) groups excluding carboxylic acids is 1. The molecule has 1 saturated heterocycles. The molecule has 222 valence electrons. The van der Waals surface area contributed by atoms with Crippen LogP contribution in [-0.4, -0.2) is 52.8 Å². The van der Waals surface area contributed by atoms with E-state index in [9.17, 15) is 18.5 Å². The average molecular weight is 606 g/mol. The van der Waals surface area contributed by atoms with Crippen LogP contribution in [-0.2, 0) is 34.5 Å². The lowest BCUT2D eigenvalue weighted by Crippen LogP contribution is -2.45. The summed E-state index contributed by atoms with van der Waals surface area (Å²) in [6, 6.07) is 28.6. The highest BCUT2D eigenvalue weighted by Gasteiger charge is 2.42. The van der Waals surface area contributed by atoms with Crippen LogP contribution in [0.3, 0.4) is 0 Å². The number of ether oxygens (including phenoxy) is 1. The third-order valence-electron chi connectivity index (χ3n) is 7.97. The number of methoxy groups -OCH3 is 1. The summed E-state index contributed by atoms with van der Waals surface area (Å²) in [5.41, 5.74) is 2.37. The molecule has 4 aromatic carbocycles. The van der Waals surface area contributed by atoms with E-state index >= 15 is 0 Å². The molecule has 1 aliphatic rings. The molecule has 0 N–H and O–H groups in total. The van der Waals surface area contributed by atoms with Gasteiger partial charge in [-0.15, -0.1) is 0 Å². The third-order valence-corrected chi connectivity index (χ3v) is 9.82. The van der Waals surface area contributed by atoms with Gasteiger partial charge in [0.15, 0.2) is 0 Å². The minimum atomic E-state index is -4.15. The van der Waals surface area contributed by atoms with Gasteiger partial charge in [-0.3, -0.25) is 4.79 Å².